The van der Waals surface area contributed by atoms with Crippen LogP contribution in [0, 0.1) is 6.92 Å². The van der Waals surface area contributed by atoms with E-state index in [1.807, 2.05) is 49.4 Å². The lowest BCUT2D eigenvalue weighted by Crippen LogP contribution is -2.14. The first-order valence-electron chi connectivity index (χ1n) is 5.75. The number of amides is 1. The molecule has 2 aromatic rings. The van der Waals surface area contributed by atoms with E-state index in [1.54, 1.807) is 6.07 Å². The topological polar surface area (TPSA) is 29.1 Å². The van der Waals surface area contributed by atoms with E-state index in [9.17, 15) is 4.79 Å². The lowest BCUT2D eigenvalue weighted by Gasteiger charge is -2.06. The van der Waals surface area contributed by atoms with Gasteiger partial charge in [0, 0.05) is 10.7 Å². The minimum absolute atomic E-state index is 0.0630. The van der Waals surface area contributed by atoms with Crippen LogP contribution in [0.25, 0.3) is 0 Å². The maximum atomic E-state index is 11.8. The number of aryl methyl sites for hydroxylation is 1. The standard InChI is InChI=1S/C15H14ClNO/c1-11-6-8-13(9-7-11)17-15(18)10-12-4-2-3-5-14(12)16/h2-9H,10H2,1H3,(H,17,18). The van der Waals surface area contributed by atoms with Crippen molar-refractivity contribution >= 4 is 23.2 Å². The van der Waals surface area contributed by atoms with Crippen molar-refractivity contribution in [2.75, 3.05) is 5.32 Å². The van der Waals surface area contributed by atoms with Gasteiger partial charge in [-0.15, -0.1) is 0 Å². The van der Waals surface area contributed by atoms with Crippen molar-refractivity contribution < 1.29 is 4.79 Å². The lowest BCUT2D eigenvalue weighted by molar-refractivity contribution is -0.115. The second kappa shape index (κ2) is 5.69. The van der Waals surface area contributed by atoms with Gasteiger partial charge in [-0.1, -0.05) is 47.5 Å². The first-order valence-corrected chi connectivity index (χ1v) is 6.13. The minimum atomic E-state index is -0.0630. The van der Waals surface area contributed by atoms with Gasteiger partial charge < -0.3 is 5.32 Å². The van der Waals surface area contributed by atoms with E-state index >= 15 is 0 Å². The molecule has 0 aliphatic rings. The summed E-state index contributed by atoms with van der Waals surface area (Å²) in [6, 6.07) is 15.1. The average molecular weight is 260 g/mol. The van der Waals surface area contributed by atoms with Crippen LogP contribution in [-0.4, -0.2) is 5.91 Å². The summed E-state index contributed by atoms with van der Waals surface area (Å²) in [4.78, 5) is 11.8. The number of anilines is 1. The van der Waals surface area contributed by atoms with Gasteiger partial charge in [-0.3, -0.25) is 4.79 Å². The van der Waals surface area contributed by atoms with Crippen LogP contribution in [0.1, 0.15) is 11.1 Å². The van der Waals surface area contributed by atoms with Gasteiger partial charge in [-0.05, 0) is 30.7 Å². The van der Waals surface area contributed by atoms with Crippen LogP contribution in [0.4, 0.5) is 5.69 Å². The predicted molar refractivity (Wildman–Crippen MR) is 75.0 cm³/mol. The maximum Gasteiger partial charge on any atom is 0.228 e. The van der Waals surface area contributed by atoms with Crippen LogP contribution in [0.3, 0.4) is 0 Å². The molecule has 0 saturated carbocycles. The Morgan fingerprint density at radius 2 is 1.78 bits per heavy atom. The fourth-order valence-corrected chi connectivity index (χ4v) is 1.86. The molecule has 0 fully saturated rings. The summed E-state index contributed by atoms with van der Waals surface area (Å²) < 4.78 is 0. The highest BCUT2D eigenvalue weighted by molar-refractivity contribution is 6.31. The third-order valence-electron chi connectivity index (χ3n) is 2.64. The van der Waals surface area contributed by atoms with E-state index in [4.69, 9.17) is 11.6 Å². The zero-order valence-electron chi connectivity index (χ0n) is 10.1. The number of benzene rings is 2. The summed E-state index contributed by atoms with van der Waals surface area (Å²) in [7, 11) is 0. The molecule has 0 heterocycles. The molecule has 0 spiro atoms. The number of halogens is 1. The monoisotopic (exact) mass is 259 g/mol. The smallest absolute Gasteiger partial charge is 0.228 e. The fourth-order valence-electron chi connectivity index (χ4n) is 1.66. The zero-order chi connectivity index (χ0) is 13.0. The number of rotatable bonds is 3. The van der Waals surface area contributed by atoms with E-state index in [1.165, 1.54) is 5.56 Å². The molecule has 0 atom stereocenters. The average Bonchev–Trinajstić information content (AvgIpc) is 2.35. The molecule has 0 unspecified atom stereocenters. The maximum absolute atomic E-state index is 11.8. The van der Waals surface area contributed by atoms with Gasteiger partial charge in [0.2, 0.25) is 5.91 Å². The van der Waals surface area contributed by atoms with Crippen LogP contribution in [0.15, 0.2) is 48.5 Å². The fraction of sp³-hybridized carbons (Fsp3) is 0.133. The van der Waals surface area contributed by atoms with Crippen molar-refractivity contribution in [3.63, 3.8) is 0 Å². The largest absolute Gasteiger partial charge is 0.326 e. The number of carbonyl (C=O) groups is 1. The van der Waals surface area contributed by atoms with Crippen LogP contribution in [0.2, 0.25) is 5.02 Å². The van der Waals surface area contributed by atoms with E-state index in [2.05, 4.69) is 5.32 Å². The molecule has 0 saturated heterocycles. The van der Waals surface area contributed by atoms with Crippen LogP contribution in [0.5, 0.6) is 0 Å². The lowest BCUT2D eigenvalue weighted by atomic mass is 10.1. The molecule has 18 heavy (non-hydrogen) atoms. The molecule has 3 heteroatoms. The molecule has 1 N–H and O–H groups in total. The van der Waals surface area contributed by atoms with Crippen LogP contribution >= 0.6 is 11.6 Å². The molecule has 2 rings (SSSR count). The van der Waals surface area contributed by atoms with Gasteiger partial charge in [0.1, 0.15) is 0 Å². The molecule has 2 nitrogen and oxygen atoms in total. The van der Waals surface area contributed by atoms with Crippen molar-refractivity contribution in [3.05, 3.63) is 64.7 Å². The molecule has 0 aliphatic carbocycles. The second-order valence-corrected chi connectivity index (χ2v) is 4.59. The zero-order valence-corrected chi connectivity index (χ0v) is 10.9. The summed E-state index contributed by atoms with van der Waals surface area (Å²) in [5.74, 6) is -0.0630. The Bertz CT molecular complexity index is 549. The van der Waals surface area contributed by atoms with Gasteiger partial charge in [-0.2, -0.15) is 0 Å². The third-order valence-corrected chi connectivity index (χ3v) is 3.01. The summed E-state index contributed by atoms with van der Waals surface area (Å²) in [6.45, 7) is 2.01. The third kappa shape index (κ3) is 3.34. The number of hydrogen-bond acceptors (Lipinski definition) is 1. The van der Waals surface area contributed by atoms with E-state index in [-0.39, 0.29) is 12.3 Å². The first kappa shape index (κ1) is 12.7. The number of hydrogen-bond donors (Lipinski definition) is 1. The molecule has 0 bridgehead atoms. The highest BCUT2D eigenvalue weighted by atomic mass is 35.5. The molecule has 0 radical (unpaired) electrons. The van der Waals surface area contributed by atoms with E-state index in [0.29, 0.717) is 5.02 Å². The summed E-state index contributed by atoms with van der Waals surface area (Å²) in [6.07, 6.45) is 0.285. The molecular weight excluding hydrogens is 246 g/mol. The Hall–Kier alpha value is -1.80. The van der Waals surface area contributed by atoms with E-state index in [0.717, 1.165) is 11.3 Å². The van der Waals surface area contributed by atoms with Crippen molar-refractivity contribution in [1.82, 2.24) is 0 Å². The molecule has 92 valence electrons. The Balaban J connectivity index is 2.01. The van der Waals surface area contributed by atoms with Gasteiger partial charge in [-0.25, -0.2) is 0 Å². The van der Waals surface area contributed by atoms with Gasteiger partial charge in [0.15, 0.2) is 0 Å². The van der Waals surface area contributed by atoms with Crippen molar-refractivity contribution in [2.24, 2.45) is 0 Å². The number of carbonyl (C=O) groups excluding carboxylic acids is 1. The summed E-state index contributed by atoms with van der Waals surface area (Å²) in [5.41, 5.74) is 2.81. The second-order valence-electron chi connectivity index (χ2n) is 4.18. The molecular formula is C15H14ClNO. The van der Waals surface area contributed by atoms with Crippen molar-refractivity contribution in [2.45, 2.75) is 13.3 Å². The van der Waals surface area contributed by atoms with Gasteiger partial charge in [0.25, 0.3) is 0 Å². The molecule has 2 aromatic carbocycles. The molecule has 0 aliphatic heterocycles. The normalized spacial score (nSPS) is 10.1. The SMILES string of the molecule is Cc1ccc(NC(=O)Cc2ccccc2Cl)cc1. The summed E-state index contributed by atoms with van der Waals surface area (Å²) in [5, 5.41) is 3.47. The van der Waals surface area contributed by atoms with Gasteiger partial charge >= 0.3 is 0 Å². The Morgan fingerprint density at radius 3 is 2.44 bits per heavy atom. The molecule has 0 aromatic heterocycles. The first-order chi connectivity index (χ1) is 8.65. The van der Waals surface area contributed by atoms with Crippen molar-refractivity contribution in [3.8, 4) is 0 Å². The Labute approximate surface area is 112 Å². The highest BCUT2D eigenvalue weighted by Gasteiger charge is 2.06. The Kier molecular flexibility index (Phi) is 4.00. The minimum Gasteiger partial charge on any atom is -0.326 e. The van der Waals surface area contributed by atoms with Crippen LogP contribution in [-0.2, 0) is 11.2 Å². The van der Waals surface area contributed by atoms with E-state index < -0.39 is 0 Å². The van der Waals surface area contributed by atoms with Gasteiger partial charge in [0.05, 0.1) is 6.42 Å². The number of nitrogens with one attached hydrogen (secondary N) is 1. The summed E-state index contributed by atoms with van der Waals surface area (Å²) >= 11 is 6.01. The highest BCUT2D eigenvalue weighted by Crippen LogP contribution is 2.16. The van der Waals surface area contributed by atoms with Crippen LogP contribution < -0.4 is 5.32 Å². The predicted octanol–water partition coefficient (Wildman–Crippen LogP) is 3.83. The quantitative estimate of drug-likeness (QED) is 0.892. The molecule has 1 amide bonds. The van der Waals surface area contributed by atoms with Crippen molar-refractivity contribution in [1.29, 1.82) is 0 Å². The Morgan fingerprint density at radius 1 is 1.11 bits per heavy atom.